The van der Waals surface area contributed by atoms with Gasteiger partial charge in [-0.2, -0.15) is 0 Å². The Morgan fingerprint density at radius 2 is 1.90 bits per heavy atom. The van der Waals surface area contributed by atoms with E-state index in [4.69, 9.17) is 37.7 Å². The molecule has 204 valence electrons. The van der Waals surface area contributed by atoms with Gasteiger partial charge < -0.3 is 9.47 Å². The summed E-state index contributed by atoms with van der Waals surface area (Å²) in [7, 11) is 1.34. The first-order valence-corrected chi connectivity index (χ1v) is 15.0. The highest BCUT2D eigenvalue weighted by atomic mass is 127. The summed E-state index contributed by atoms with van der Waals surface area (Å²) in [6.07, 6.45) is 2.36. The maximum atomic E-state index is 13.8. The van der Waals surface area contributed by atoms with E-state index in [0.29, 0.717) is 49.4 Å². The maximum Gasteiger partial charge on any atom is 0.338 e. The second-order valence-corrected chi connectivity index (χ2v) is 11.9. The lowest BCUT2D eigenvalue weighted by atomic mass is 9.95. The molecule has 2 heterocycles. The Labute approximate surface area is 258 Å². The number of halogens is 3. The third-order valence-corrected chi connectivity index (χ3v) is 8.83. The van der Waals surface area contributed by atoms with Gasteiger partial charge in [0.25, 0.3) is 5.56 Å². The molecule has 0 amide bonds. The van der Waals surface area contributed by atoms with Crippen LogP contribution in [0.25, 0.3) is 6.08 Å². The van der Waals surface area contributed by atoms with Gasteiger partial charge in [-0.25, -0.2) is 9.79 Å². The molecule has 0 unspecified atom stereocenters. The van der Waals surface area contributed by atoms with E-state index in [0.717, 1.165) is 20.3 Å². The van der Waals surface area contributed by atoms with E-state index in [-0.39, 0.29) is 5.56 Å². The Kier molecular flexibility index (Phi) is 8.80. The van der Waals surface area contributed by atoms with Crippen molar-refractivity contribution in [2.45, 2.75) is 26.0 Å². The number of thiazole rings is 1. The number of carbonyl (C=O) groups excluding carboxylic acids is 1. The van der Waals surface area contributed by atoms with Crippen LogP contribution in [0.4, 0.5) is 0 Å². The van der Waals surface area contributed by atoms with Crippen LogP contribution >= 0.6 is 57.1 Å². The molecule has 0 N–H and O–H groups in total. The van der Waals surface area contributed by atoms with Crippen LogP contribution < -0.4 is 19.6 Å². The van der Waals surface area contributed by atoms with Gasteiger partial charge >= 0.3 is 5.97 Å². The van der Waals surface area contributed by atoms with Crippen molar-refractivity contribution in [3.05, 3.63) is 128 Å². The quantitative estimate of drug-likeness (QED) is 0.168. The summed E-state index contributed by atoms with van der Waals surface area (Å²) in [5.74, 6) is 0.207. The summed E-state index contributed by atoms with van der Waals surface area (Å²) in [6.45, 7) is 2.23. The molecule has 0 radical (unpaired) electrons. The number of allylic oxidation sites excluding steroid dienone is 1. The topological polar surface area (TPSA) is 69.9 Å². The van der Waals surface area contributed by atoms with Gasteiger partial charge in [-0.05, 0) is 70.5 Å². The number of esters is 1. The predicted molar refractivity (Wildman–Crippen MR) is 167 cm³/mol. The zero-order chi connectivity index (χ0) is 28.4. The maximum absolute atomic E-state index is 13.8. The molecule has 0 saturated carbocycles. The molecule has 4 aromatic rings. The first kappa shape index (κ1) is 28.6. The molecule has 0 bridgehead atoms. The number of fused-ring (bicyclic) bond motifs is 1. The number of methoxy groups -OCH3 is 1. The van der Waals surface area contributed by atoms with E-state index < -0.39 is 12.0 Å². The number of carbonyl (C=O) groups is 1. The van der Waals surface area contributed by atoms with Gasteiger partial charge in [0.2, 0.25) is 0 Å². The van der Waals surface area contributed by atoms with Crippen LogP contribution in [0.1, 0.15) is 36.1 Å². The summed E-state index contributed by atoms with van der Waals surface area (Å²) in [4.78, 5) is 31.9. The smallest absolute Gasteiger partial charge is 0.338 e. The Morgan fingerprint density at radius 3 is 2.58 bits per heavy atom. The van der Waals surface area contributed by atoms with Crippen LogP contribution in [0.3, 0.4) is 0 Å². The lowest BCUT2D eigenvalue weighted by Gasteiger charge is -2.25. The van der Waals surface area contributed by atoms with E-state index in [1.165, 1.54) is 18.4 Å². The Hall–Kier alpha value is -2.92. The van der Waals surface area contributed by atoms with Crippen LogP contribution in [0.2, 0.25) is 10.0 Å². The standard InChI is InChI=1S/C30H23Cl2IN2O4S/c1-3-23-26(29(37)38-2)27(18-7-5-4-6-8-18)35-28(36)25(40-30(35)34-23)14-17-9-12-24(22(33)13-17)39-16-19-10-11-20(31)15-21(19)32/h4-15,27H,3,16H2,1-2H3/b25-14-/t27-/m1/s1. The van der Waals surface area contributed by atoms with E-state index in [9.17, 15) is 9.59 Å². The lowest BCUT2D eigenvalue weighted by Crippen LogP contribution is -2.40. The van der Waals surface area contributed by atoms with E-state index in [1.807, 2.05) is 67.6 Å². The third-order valence-electron chi connectivity index (χ3n) is 6.42. The SMILES string of the molecule is CCC1=C(C(=O)OC)[C@@H](c2ccccc2)n2c(s/c(=C\c3ccc(OCc4ccc(Cl)cc4Cl)c(I)c3)c2=O)=N1. The number of benzene rings is 3. The van der Waals surface area contributed by atoms with Crippen molar-refractivity contribution < 1.29 is 14.3 Å². The molecule has 1 aliphatic heterocycles. The highest BCUT2D eigenvalue weighted by Crippen LogP contribution is 2.32. The summed E-state index contributed by atoms with van der Waals surface area (Å²) >= 11 is 15.8. The average molecular weight is 705 g/mol. The highest BCUT2D eigenvalue weighted by Gasteiger charge is 2.33. The molecule has 10 heteroatoms. The number of ether oxygens (including phenoxy) is 2. The lowest BCUT2D eigenvalue weighted by molar-refractivity contribution is -0.136. The normalized spacial score (nSPS) is 15.0. The predicted octanol–water partition coefficient (Wildman–Crippen LogP) is 6.29. The van der Waals surface area contributed by atoms with Gasteiger partial charge in [0.15, 0.2) is 4.80 Å². The summed E-state index contributed by atoms with van der Waals surface area (Å²) < 4.78 is 14.1. The van der Waals surface area contributed by atoms with Crippen molar-refractivity contribution >= 4 is 69.2 Å². The largest absolute Gasteiger partial charge is 0.488 e. The molecule has 0 spiro atoms. The Bertz CT molecular complexity index is 1820. The molecular weight excluding hydrogens is 682 g/mol. The van der Waals surface area contributed by atoms with Gasteiger partial charge in [-0.1, -0.05) is 83.9 Å². The number of hydrogen-bond donors (Lipinski definition) is 0. The second-order valence-electron chi connectivity index (χ2n) is 8.91. The van der Waals surface area contributed by atoms with Crippen LogP contribution in [-0.4, -0.2) is 17.6 Å². The fraction of sp³-hybridized carbons (Fsp3) is 0.167. The average Bonchev–Trinajstić information content (AvgIpc) is 3.26. The molecule has 1 aromatic heterocycles. The molecule has 0 saturated heterocycles. The van der Waals surface area contributed by atoms with Crippen molar-refractivity contribution in [2.24, 2.45) is 4.99 Å². The molecule has 0 fully saturated rings. The first-order valence-electron chi connectivity index (χ1n) is 12.3. The minimum absolute atomic E-state index is 0.220. The molecule has 6 nitrogen and oxygen atoms in total. The number of aromatic nitrogens is 1. The Balaban J connectivity index is 1.52. The summed E-state index contributed by atoms with van der Waals surface area (Å²) in [5.41, 5.74) is 3.26. The van der Waals surface area contributed by atoms with Crippen LogP contribution in [0.15, 0.2) is 87.8 Å². The summed E-state index contributed by atoms with van der Waals surface area (Å²) in [6, 6.07) is 19.9. The van der Waals surface area contributed by atoms with Gasteiger partial charge in [-0.15, -0.1) is 0 Å². The fourth-order valence-corrected chi connectivity index (χ4v) is 6.66. The third kappa shape index (κ3) is 5.76. The highest BCUT2D eigenvalue weighted by molar-refractivity contribution is 14.1. The fourth-order valence-electron chi connectivity index (χ4n) is 4.48. The second kappa shape index (κ2) is 12.3. The van der Waals surface area contributed by atoms with Crippen LogP contribution in [-0.2, 0) is 16.1 Å². The van der Waals surface area contributed by atoms with Crippen molar-refractivity contribution in [3.63, 3.8) is 0 Å². The van der Waals surface area contributed by atoms with E-state index >= 15 is 0 Å². The van der Waals surface area contributed by atoms with Gasteiger partial charge in [0.1, 0.15) is 12.4 Å². The van der Waals surface area contributed by atoms with Crippen molar-refractivity contribution in [1.82, 2.24) is 4.57 Å². The molecular formula is C30H23Cl2IN2O4S. The number of rotatable bonds is 7. The molecule has 3 aromatic carbocycles. The molecule has 0 aliphatic carbocycles. The van der Waals surface area contributed by atoms with E-state index in [1.54, 1.807) is 16.7 Å². The van der Waals surface area contributed by atoms with Gasteiger partial charge in [0, 0.05) is 15.6 Å². The van der Waals surface area contributed by atoms with Crippen LogP contribution in [0, 0.1) is 3.57 Å². The van der Waals surface area contributed by atoms with Crippen molar-refractivity contribution in [1.29, 1.82) is 0 Å². The molecule has 1 aliphatic rings. The molecule has 5 rings (SSSR count). The molecule has 1 atom stereocenters. The van der Waals surface area contributed by atoms with E-state index in [2.05, 4.69) is 22.6 Å². The van der Waals surface area contributed by atoms with Gasteiger partial charge in [-0.3, -0.25) is 9.36 Å². The number of hydrogen-bond acceptors (Lipinski definition) is 6. The van der Waals surface area contributed by atoms with Crippen LogP contribution in [0.5, 0.6) is 5.75 Å². The zero-order valence-corrected chi connectivity index (χ0v) is 26.0. The molecule has 40 heavy (non-hydrogen) atoms. The monoisotopic (exact) mass is 704 g/mol. The van der Waals surface area contributed by atoms with Crippen molar-refractivity contribution in [3.8, 4) is 5.75 Å². The first-order chi connectivity index (χ1) is 19.3. The minimum Gasteiger partial charge on any atom is -0.488 e. The van der Waals surface area contributed by atoms with Gasteiger partial charge in [0.05, 0.1) is 32.5 Å². The van der Waals surface area contributed by atoms with Crippen molar-refractivity contribution in [2.75, 3.05) is 7.11 Å². The minimum atomic E-state index is -0.627. The number of nitrogens with zero attached hydrogens (tertiary/aromatic N) is 2. The zero-order valence-electron chi connectivity index (χ0n) is 21.5. The Morgan fingerprint density at radius 1 is 1.12 bits per heavy atom. The summed E-state index contributed by atoms with van der Waals surface area (Å²) in [5, 5.41) is 1.12.